The zero-order valence-corrected chi connectivity index (χ0v) is 15.4. The number of hydrogen-bond donors (Lipinski definition) is 0. The molecule has 1 fully saturated rings. The molecule has 2 aliphatic heterocycles. The van der Waals surface area contributed by atoms with Crippen LogP contribution in [0.5, 0.6) is 0 Å². The fraction of sp³-hybridized carbons (Fsp3) is 0.444. The molecule has 4 rings (SSSR count). The summed E-state index contributed by atoms with van der Waals surface area (Å²) in [6, 6.07) is 12.0. The van der Waals surface area contributed by atoms with Crippen molar-refractivity contribution in [1.29, 1.82) is 0 Å². The minimum Gasteiger partial charge on any atom is -0.301 e. The first-order chi connectivity index (χ1) is 11.6. The second-order valence-electron chi connectivity index (χ2n) is 6.63. The molecule has 3 heterocycles. The number of likely N-dealkylation sites (N-methyl/N-ethyl adjacent to an activating group) is 1. The Balaban J connectivity index is 1.81. The molecule has 0 N–H and O–H groups in total. The van der Waals surface area contributed by atoms with E-state index in [9.17, 15) is 8.42 Å². The lowest BCUT2D eigenvalue weighted by molar-refractivity contribution is 0.175. The summed E-state index contributed by atoms with van der Waals surface area (Å²) in [5.41, 5.74) is 2.48. The number of benzene rings is 1. The quantitative estimate of drug-likeness (QED) is 0.842. The number of likely N-dealkylation sites (tertiary alicyclic amines) is 1. The Bertz CT molecular complexity index is 817. The van der Waals surface area contributed by atoms with Gasteiger partial charge in [-0.15, -0.1) is 11.3 Å². The van der Waals surface area contributed by atoms with Gasteiger partial charge in [-0.05, 0) is 55.4 Å². The van der Waals surface area contributed by atoms with Gasteiger partial charge in [0.05, 0.1) is 6.04 Å². The maximum absolute atomic E-state index is 13.2. The number of fused-ring (bicyclic) bond motifs is 1. The second kappa shape index (κ2) is 6.26. The van der Waals surface area contributed by atoms with E-state index in [1.807, 2.05) is 17.5 Å². The Kier molecular flexibility index (Phi) is 4.24. The molecule has 24 heavy (non-hydrogen) atoms. The summed E-state index contributed by atoms with van der Waals surface area (Å²) < 4.78 is 28.7. The molecule has 2 aromatic rings. The molecule has 0 radical (unpaired) electrons. The van der Waals surface area contributed by atoms with E-state index in [4.69, 9.17) is 0 Å². The molecule has 0 spiro atoms. The lowest BCUT2D eigenvalue weighted by Crippen LogP contribution is -2.47. The summed E-state index contributed by atoms with van der Waals surface area (Å²) in [6.45, 7) is 1.60. The Morgan fingerprint density at radius 2 is 1.96 bits per heavy atom. The van der Waals surface area contributed by atoms with Crippen molar-refractivity contribution in [1.82, 2.24) is 9.21 Å². The largest absolute Gasteiger partial charge is 0.301 e. The third-order valence-corrected chi connectivity index (χ3v) is 8.54. The highest BCUT2D eigenvalue weighted by Gasteiger charge is 2.43. The lowest BCUT2D eigenvalue weighted by Gasteiger charge is -2.41. The first-order valence-corrected chi connectivity index (χ1v) is 10.7. The minimum atomic E-state index is -3.45. The maximum Gasteiger partial charge on any atom is 0.253 e. The van der Waals surface area contributed by atoms with E-state index in [0.29, 0.717) is 10.8 Å². The predicted molar refractivity (Wildman–Crippen MR) is 96.7 cm³/mol. The van der Waals surface area contributed by atoms with Crippen LogP contribution in [0.2, 0.25) is 0 Å². The number of rotatable bonds is 3. The summed E-state index contributed by atoms with van der Waals surface area (Å²) in [6.07, 6.45) is 2.96. The molecule has 2 unspecified atom stereocenters. The van der Waals surface area contributed by atoms with Gasteiger partial charge in [0.15, 0.2) is 0 Å². The number of sulfonamides is 1. The van der Waals surface area contributed by atoms with Crippen LogP contribution in [0.1, 0.15) is 30.0 Å². The SMILES string of the molecule is CN1CCCC1C1c2ccccc2CCN1S(=O)(=O)c1cccs1. The minimum absolute atomic E-state index is 0.0884. The molecule has 2 atom stereocenters. The van der Waals surface area contributed by atoms with Crippen molar-refractivity contribution < 1.29 is 8.42 Å². The van der Waals surface area contributed by atoms with Gasteiger partial charge in [-0.25, -0.2) is 8.42 Å². The van der Waals surface area contributed by atoms with Gasteiger partial charge in [0.1, 0.15) is 4.21 Å². The second-order valence-corrected chi connectivity index (χ2v) is 9.70. The first kappa shape index (κ1) is 16.3. The lowest BCUT2D eigenvalue weighted by atomic mass is 9.89. The highest BCUT2D eigenvalue weighted by molar-refractivity contribution is 7.91. The van der Waals surface area contributed by atoms with E-state index in [0.717, 1.165) is 25.8 Å². The number of thiophene rings is 1. The number of hydrogen-bond acceptors (Lipinski definition) is 4. The molecule has 1 saturated heterocycles. The van der Waals surface area contributed by atoms with Crippen molar-refractivity contribution in [2.24, 2.45) is 0 Å². The van der Waals surface area contributed by atoms with Crippen LogP contribution in [-0.2, 0) is 16.4 Å². The van der Waals surface area contributed by atoms with Gasteiger partial charge in [0, 0.05) is 12.6 Å². The van der Waals surface area contributed by atoms with Gasteiger partial charge < -0.3 is 4.90 Å². The van der Waals surface area contributed by atoms with Gasteiger partial charge >= 0.3 is 0 Å². The highest BCUT2D eigenvalue weighted by atomic mass is 32.2. The van der Waals surface area contributed by atoms with Crippen molar-refractivity contribution in [3.8, 4) is 0 Å². The predicted octanol–water partition coefficient (Wildman–Crippen LogP) is 3.13. The Labute approximate surface area is 147 Å². The highest BCUT2D eigenvalue weighted by Crippen LogP contribution is 2.41. The van der Waals surface area contributed by atoms with Crippen LogP contribution in [0, 0.1) is 0 Å². The normalized spacial score (nSPS) is 25.7. The molecule has 2 aliphatic rings. The zero-order valence-electron chi connectivity index (χ0n) is 13.8. The van der Waals surface area contributed by atoms with Crippen molar-refractivity contribution >= 4 is 21.4 Å². The van der Waals surface area contributed by atoms with E-state index in [-0.39, 0.29) is 12.1 Å². The summed E-state index contributed by atoms with van der Waals surface area (Å²) in [5, 5.41) is 1.83. The Hall–Kier alpha value is -1.21. The monoisotopic (exact) mass is 362 g/mol. The first-order valence-electron chi connectivity index (χ1n) is 8.42. The van der Waals surface area contributed by atoms with Crippen LogP contribution in [0.25, 0.3) is 0 Å². The molecule has 128 valence electrons. The Morgan fingerprint density at radius 1 is 1.12 bits per heavy atom. The van der Waals surface area contributed by atoms with Crippen LogP contribution in [0.15, 0.2) is 46.0 Å². The zero-order chi connectivity index (χ0) is 16.7. The van der Waals surface area contributed by atoms with Gasteiger partial charge in [-0.3, -0.25) is 0 Å². The van der Waals surface area contributed by atoms with E-state index in [2.05, 4.69) is 30.1 Å². The molecule has 0 bridgehead atoms. The van der Waals surface area contributed by atoms with Crippen LogP contribution in [0.4, 0.5) is 0 Å². The third-order valence-electron chi connectivity index (χ3n) is 5.28. The van der Waals surface area contributed by atoms with Crippen LogP contribution >= 0.6 is 11.3 Å². The smallest absolute Gasteiger partial charge is 0.253 e. The molecule has 1 aromatic carbocycles. The molecular formula is C18H22N2O2S2. The third kappa shape index (κ3) is 2.62. The van der Waals surface area contributed by atoms with Gasteiger partial charge in [0.25, 0.3) is 10.0 Å². The average Bonchev–Trinajstić information content (AvgIpc) is 3.25. The van der Waals surface area contributed by atoms with Gasteiger partial charge in [-0.1, -0.05) is 30.3 Å². The molecule has 4 nitrogen and oxygen atoms in total. The summed E-state index contributed by atoms with van der Waals surface area (Å²) in [7, 11) is -1.33. The summed E-state index contributed by atoms with van der Waals surface area (Å²) >= 11 is 1.31. The van der Waals surface area contributed by atoms with Crippen molar-refractivity contribution in [3.63, 3.8) is 0 Å². The standard InChI is InChI=1S/C18H22N2O2S2/c1-19-11-4-8-16(19)18-15-7-3-2-6-14(15)10-12-20(18)24(21,22)17-9-5-13-23-17/h2-3,5-7,9,13,16,18H,4,8,10-12H2,1H3. The molecular weight excluding hydrogens is 340 g/mol. The van der Waals surface area contributed by atoms with E-state index in [1.54, 1.807) is 10.4 Å². The van der Waals surface area contributed by atoms with Gasteiger partial charge in [0.2, 0.25) is 0 Å². The fourth-order valence-corrected chi connectivity index (χ4v) is 6.86. The molecule has 1 aromatic heterocycles. The maximum atomic E-state index is 13.2. The van der Waals surface area contributed by atoms with Crippen LogP contribution in [0.3, 0.4) is 0 Å². The Morgan fingerprint density at radius 3 is 2.67 bits per heavy atom. The van der Waals surface area contributed by atoms with Gasteiger partial charge in [-0.2, -0.15) is 4.31 Å². The van der Waals surface area contributed by atoms with Crippen LogP contribution < -0.4 is 0 Å². The molecule has 6 heteroatoms. The van der Waals surface area contributed by atoms with E-state index >= 15 is 0 Å². The van der Waals surface area contributed by atoms with Crippen LogP contribution in [-0.4, -0.2) is 43.8 Å². The van der Waals surface area contributed by atoms with Crippen molar-refractivity contribution in [2.75, 3.05) is 20.1 Å². The summed E-state index contributed by atoms with van der Waals surface area (Å²) in [5.74, 6) is 0. The fourth-order valence-electron chi connectivity index (χ4n) is 4.10. The molecule has 0 amide bonds. The molecule has 0 saturated carbocycles. The van der Waals surface area contributed by atoms with Crippen molar-refractivity contribution in [3.05, 3.63) is 52.9 Å². The number of nitrogens with zero attached hydrogens (tertiary/aromatic N) is 2. The summed E-state index contributed by atoms with van der Waals surface area (Å²) in [4.78, 5) is 2.32. The van der Waals surface area contributed by atoms with E-state index < -0.39 is 10.0 Å². The average molecular weight is 363 g/mol. The van der Waals surface area contributed by atoms with E-state index in [1.165, 1.54) is 22.5 Å². The molecule has 0 aliphatic carbocycles. The topological polar surface area (TPSA) is 40.6 Å². The van der Waals surface area contributed by atoms with Crippen molar-refractivity contribution in [2.45, 2.75) is 35.6 Å².